The van der Waals surface area contributed by atoms with E-state index in [0.717, 1.165) is 23.9 Å². The smallest absolute Gasteiger partial charge is 0.419 e. The van der Waals surface area contributed by atoms with E-state index in [9.17, 15) is 22.8 Å². The van der Waals surface area contributed by atoms with Crippen LogP contribution in [-0.4, -0.2) is 57.8 Å². The van der Waals surface area contributed by atoms with Gasteiger partial charge in [-0.1, -0.05) is 0 Å². The van der Waals surface area contributed by atoms with Crippen molar-refractivity contribution in [1.29, 1.82) is 5.26 Å². The number of hydrogen-bond acceptors (Lipinski definition) is 7. The van der Waals surface area contributed by atoms with Crippen molar-refractivity contribution in [2.75, 3.05) is 29.5 Å². The van der Waals surface area contributed by atoms with Gasteiger partial charge >= 0.3 is 12.3 Å². The van der Waals surface area contributed by atoms with Crippen LogP contribution in [0.4, 0.5) is 29.3 Å². The predicted molar refractivity (Wildman–Crippen MR) is 153 cm³/mol. The molecule has 0 bridgehead atoms. The average Bonchev–Trinajstić information content (AvgIpc) is 3.09. The number of nitrogens with zero attached hydrogens (tertiary/aromatic N) is 5. The summed E-state index contributed by atoms with van der Waals surface area (Å²) in [6, 6.07) is 9.07. The van der Waals surface area contributed by atoms with Crippen LogP contribution in [0.15, 0.2) is 36.5 Å². The average molecular weight is 604 g/mol. The molecule has 2 aliphatic heterocycles. The molecule has 0 saturated carbocycles. The molecular weight excluding hydrogens is 571 g/mol. The van der Waals surface area contributed by atoms with Gasteiger partial charge in [-0.2, -0.15) is 18.4 Å². The standard InChI is InChI=1S/C29H32F3N5O4S/c1-27(2,3)41-26(39)35-12-10-18(11-13-35)17-40-21-8-6-19(7-9-21)37-25(42)36(24(38)28(37,4)5)20-14-22(29(30,31)32)23(15-33)34-16-20/h6-9,14,16,18H,10-13,17H2,1-5H3. The highest BCUT2D eigenvalue weighted by atomic mass is 32.1. The second-order valence-electron chi connectivity index (χ2n) is 11.7. The molecule has 1 aromatic carbocycles. The van der Waals surface area contributed by atoms with E-state index < -0.39 is 34.5 Å². The number of rotatable bonds is 5. The number of carbonyl (C=O) groups excluding carboxylic acids is 2. The Bertz CT molecular complexity index is 1410. The van der Waals surface area contributed by atoms with E-state index in [-0.39, 0.29) is 22.8 Å². The van der Waals surface area contributed by atoms with Gasteiger partial charge in [0.2, 0.25) is 0 Å². The molecule has 9 nitrogen and oxygen atoms in total. The number of likely N-dealkylation sites (tertiary alicyclic amines) is 1. The van der Waals surface area contributed by atoms with Crippen molar-refractivity contribution < 1.29 is 32.2 Å². The van der Waals surface area contributed by atoms with E-state index in [1.165, 1.54) is 6.07 Å². The number of carbonyl (C=O) groups is 2. The molecule has 0 aliphatic carbocycles. The van der Waals surface area contributed by atoms with E-state index in [2.05, 4.69) is 4.98 Å². The summed E-state index contributed by atoms with van der Waals surface area (Å²) >= 11 is 5.56. The lowest BCUT2D eigenvalue weighted by Gasteiger charge is -2.33. The van der Waals surface area contributed by atoms with Crippen molar-refractivity contribution in [1.82, 2.24) is 9.88 Å². The normalized spacial score (nSPS) is 17.8. The van der Waals surface area contributed by atoms with Gasteiger partial charge < -0.3 is 19.3 Å². The molecule has 13 heteroatoms. The molecule has 4 rings (SSSR count). The third-order valence-electron chi connectivity index (χ3n) is 7.06. The lowest BCUT2D eigenvalue weighted by molar-refractivity contribution is -0.138. The van der Waals surface area contributed by atoms with Crippen LogP contribution in [0, 0.1) is 17.2 Å². The number of thiocarbonyl (C=S) groups is 1. The molecule has 2 saturated heterocycles. The Morgan fingerprint density at radius 2 is 1.76 bits per heavy atom. The fraction of sp³-hybridized carbons (Fsp3) is 0.483. The molecule has 2 fully saturated rings. The molecule has 2 amide bonds. The highest BCUT2D eigenvalue weighted by Crippen LogP contribution is 2.39. The number of halogens is 3. The topological polar surface area (TPSA) is 99.0 Å². The van der Waals surface area contributed by atoms with Crippen LogP contribution in [-0.2, 0) is 15.7 Å². The largest absolute Gasteiger partial charge is 0.493 e. The number of aromatic nitrogens is 1. The molecule has 2 aromatic rings. The van der Waals surface area contributed by atoms with Crippen LogP contribution in [0.25, 0.3) is 0 Å². The van der Waals surface area contributed by atoms with Gasteiger partial charge in [0.1, 0.15) is 23.0 Å². The highest BCUT2D eigenvalue weighted by Gasteiger charge is 2.51. The van der Waals surface area contributed by atoms with Gasteiger partial charge in [0, 0.05) is 18.8 Å². The van der Waals surface area contributed by atoms with Crippen molar-refractivity contribution in [3.63, 3.8) is 0 Å². The molecular formula is C29H32F3N5O4S. The van der Waals surface area contributed by atoms with Gasteiger partial charge in [-0.25, -0.2) is 9.78 Å². The van der Waals surface area contributed by atoms with Gasteiger partial charge in [0.15, 0.2) is 10.8 Å². The number of pyridine rings is 1. The van der Waals surface area contributed by atoms with Crippen molar-refractivity contribution in [3.05, 3.63) is 47.8 Å². The van der Waals surface area contributed by atoms with E-state index in [1.54, 1.807) is 47.9 Å². The zero-order valence-corrected chi connectivity index (χ0v) is 24.8. The molecule has 2 aliphatic rings. The van der Waals surface area contributed by atoms with Crippen LogP contribution in [0.2, 0.25) is 0 Å². The number of hydrogen-bond donors (Lipinski definition) is 0. The van der Waals surface area contributed by atoms with Gasteiger partial charge in [-0.3, -0.25) is 9.69 Å². The second-order valence-corrected chi connectivity index (χ2v) is 12.1. The van der Waals surface area contributed by atoms with Crippen LogP contribution in [0.1, 0.15) is 58.7 Å². The van der Waals surface area contributed by atoms with Gasteiger partial charge in [-0.15, -0.1) is 0 Å². The number of anilines is 2. The Labute approximate surface area is 247 Å². The summed E-state index contributed by atoms with van der Waals surface area (Å²) in [5, 5.41) is 9.04. The Balaban J connectivity index is 1.42. The molecule has 224 valence electrons. The molecule has 1 aromatic heterocycles. The van der Waals surface area contributed by atoms with Gasteiger partial charge in [-0.05, 0) is 95.9 Å². The quantitative estimate of drug-likeness (QED) is 0.389. The van der Waals surface area contributed by atoms with E-state index in [0.29, 0.717) is 37.2 Å². The fourth-order valence-electron chi connectivity index (χ4n) is 4.85. The van der Waals surface area contributed by atoms with Crippen LogP contribution >= 0.6 is 12.2 Å². The second kappa shape index (κ2) is 11.4. The predicted octanol–water partition coefficient (Wildman–Crippen LogP) is 5.91. The Morgan fingerprint density at radius 3 is 2.31 bits per heavy atom. The molecule has 0 unspecified atom stereocenters. The summed E-state index contributed by atoms with van der Waals surface area (Å²) in [5.41, 5.74) is -3.41. The summed E-state index contributed by atoms with van der Waals surface area (Å²) in [4.78, 5) is 33.6. The maximum atomic E-state index is 13.5. The monoisotopic (exact) mass is 603 g/mol. The summed E-state index contributed by atoms with van der Waals surface area (Å²) in [7, 11) is 0. The molecule has 0 atom stereocenters. The van der Waals surface area contributed by atoms with Gasteiger partial charge in [0.05, 0.1) is 24.1 Å². The van der Waals surface area contributed by atoms with Crippen molar-refractivity contribution >= 4 is 40.7 Å². The minimum atomic E-state index is -4.83. The number of benzene rings is 1. The first kappa shape index (κ1) is 31.0. The van der Waals surface area contributed by atoms with Crippen molar-refractivity contribution in [2.24, 2.45) is 5.92 Å². The van der Waals surface area contributed by atoms with Crippen molar-refractivity contribution in [2.45, 2.75) is 64.8 Å². The number of alkyl halides is 3. The molecule has 42 heavy (non-hydrogen) atoms. The number of amides is 2. The third kappa shape index (κ3) is 6.43. The Hall–Kier alpha value is -3.92. The zero-order chi connectivity index (χ0) is 31.0. The lowest BCUT2D eigenvalue weighted by atomic mass is 9.98. The Morgan fingerprint density at radius 1 is 1.14 bits per heavy atom. The fourth-order valence-corrected chi connectivity index (χ4v) is 5.37. The van der Waals surface area contributed by atoms with Crippen LogP contribution in [0.3, 0.4) is 0 Å². The van der Waals surface area contributed by atoms with E-state index in [4.69, 9.17) is 27.0 Å². The first-order chi connectivity index (χ1) is 19.5. The summed E-state index contributed by atoms with van der Waals surface area (Å²) in [6.07, 6.45) is -2.55. The number of nitriles is 1. The third-order valence-corrected chi connectivity index (χ3v) is 7.42. The van der Waals surface area contributed by atoms with E-state index in [1.807, 2.05) is 20.8 Å². The number of ether oxygens (including phenoxy) is 2. The summed E-state index contributed by atoms with van der Waals surface area (Å²) in [5.74, 6) is 0.331. The zero-order valence-electron chi connectivity index (χ0n) is 24.0. The van der Waals surface area contributed by atoms with Crippen LogP contribution < -0.4 is 14.5 Å². The minimum absolute atomic E-state index is 0.0185. The van der Waals surface area contributed by atoms with E-state index >= 15 is 0 Å². The minimum Gasteiger partial charge on any atom is -0.493 e. The molecule has 0 radical (unpaired) electrons. The van der Waals surface area contributed by atoms with Crippen molar-refractivity contribution in [3.8, 4) is 11.8 Å². The maximum absolute atomic E-state index is 13.5. The van der Waals surface area contributed by atoms with Gasteiger partial charge in [0.25, 0.3) is 5.91 Å². The highest BCUT2D eigenvalue weighted by molar-refractivity contribution is 7.81. The number of piperidine rings is 1. The lowest BCUT2D eigenvalue weighted by Crippen LogP contribution is -2.44. The maximum Gasteiger partial charge on any atom is 0.419 e. The summed E-state index contributed by atoms with van der Waals surface area (Å²) < 4.78 is 52.1. The Kier molecular flexibility index (Phi) is 8.42. The van der Waals surface area contributed by atoms with Crippen LogP contribution in [0.5, 0.6) is 5.75 Å². The first-order valence-corrected chi connectivity index (χ1v) is 13.8. The molecule has 0 N–H and O–H groups in total. The SMILES string of the molecule is CC(C)(C)OC(=O)N1CCC(COc2ccc(N3C(=S)N(c4cnc(C#N)c(C(F)(F)F)c4)C(=O)C3(C)C)cc2)CC1. The first-order valence-electron chi connectivity index (χ1n) is 13.4. The molecule has 0 spiro atoms. The molecule has 3 heterocycles. The summed E-state index contributed by atoms with van der Waals surface area (Å²) in [6.45, 7) is 10.4.